The van der Waals surface area contributed by atoms with E-state index in [1.807, 2.05) is 0 Å². The van der Waals surface area contributed by atoms with Crippen LogP contribution in [0.4, 0.5) is 5.82 Å². The number of ether oxygens (including phenoxy) is 1. The van der Waals surface area contributed by atoms with Crippen LogP contribution in [0.15, 0.2) is 6.33 Å². The maximum absolute atomic E-state index is 11.7. The summed E-state index contributed by atoms with van der Waals surface area (Å²) in [5.41, 5.74) is 0. The van der Waals surface area contributed by atoms with Crippen LogP contribution in [-0.2, 0) is 4.79 Å². The molecule has 0 bridgehead atoms. The van der Waals surface area contributed by atoms with Crippen LogP contribution in [0, 0.1) is 0 Å². The fourth-order valence-corrected chi connectivity index (χ4v) is 2.13. The lowest BCUT2D eigenvalue weighted by Crippen LogP contribution is -2.26. The molecule has 1 unspecified atom stereocenters. The van der Waals surface area contributed by atoms with Crippen molar-refractivity contribution in [3.05, 3.63) is 11.5 Å². The Morgan fingerprint density at radius 1 is 1.62 bits per heavy atom. The van der Waals surface area contributed by atoms with Crippen molar-refractivity contribution in [1.29, 1.82) is 0 Å². The third kappa shape index (κ3) is 1.94. The normalized spacial score (nSPS) is 20.3. The second kappa shape index (κ2) is 4.47. The Morgan fingerprint density at radius 3 is 2.94 bits per heavy atom. The van der Waals surface area contributed by atoms with E-state index in [4.69, 9.17) is 16.3 Å². The number of thiol groups is 1. The van der Waals surface area contributed by atoms with Gasteiger partial charge in [-0.15, -0.1) is 0 Å². The van der Waals surface area contributed by atoms with Crippen LogP contribution >= 0.6 is 24.2 Å². The Kier molecular flexibility index (Phi) is 3.20. The van der Waals surface area contributed by atoms with Gasteiger partial charge in [0.1, 0.15) is 6.33 Å². The van der Waals surface area contributed by atoms with Gasteiger partial charge in [-0.05, 0) is 0 Å². The lowest BCUT2D eigenvalue weighted by atomic mass is 10.4. The molecule has 2 heterocycles. The number of aromatic nitrogens is 2. The van der Waals surface area contributed by atoms with Crippen molar-refractivity contribution in [3.63, 3.8) is 0 Å². The average Bonchev–Trinajstić information content (AvgIpc) is 2.57. The van der Waals surface area contributed by atoms with Crippen molar-refractivity contribution in [2.45, 2.75) is 11.7 Å². The van der Waals surface area contributed by atoms with E-state index in [0.717, 1.165) is 0 Å². The topological polar surface area (TPSA) is 55.3 Å². The first-order valence-electron chi connectivity index (χ1n) is 4.66. The number of nitrogens with zero attached hydrogens (tertiary/aromatic N) is 3. The summed E-state index contributed by atoms with van der Waals surface area (Å²) in [5.74, 6) is 0.692. The highest BCUT2D eigenvalue weighted by atomic mass is 35.5. The Balaban J connectivity index is 2.40. The molecule has 86 valence electrons. The molecule has 5 nitrogen and oxygen atoms in total. The molecule has 1 fully saturated rings. The predicted molar refractivity (Wildman–Crippen MR) is 63.3 cm³/mol. The van der Waals surface area contributed by atoms with Gasteiger partial charge in [0.15, 0.2) is 16.7 Å². The van der Waals surface area contributed by atoms with Gasteiger partial charge in [-0.2, -0.15) is 12.6 Å². The standard InChI is InChI=1S/C9H10ClN3O2S/c1-15-7-8(10)11-4-12-9(7)13-3-5(16)2-6(13)14/h4-5,16H,2-3H2,1H3. The lowest BCUT2D eigenvalue weighted by Gasteiger charge is -2.17. The monoisotopic (exact) mass is 259 g/mol. The first-order valence-corrected chi connectivity index (χ1v) is 5.56. The SMILES string of the molecule is COc1c(Cl)ncnc1N1CC(S)CC1=O. The highest BCUT2D eigenvalue weighted by Gasteiger charge is 2.31. The number of hydrogen-bond acceptors (Lipinski definition) is 5. The summed E-state index contributed by atoms with van der Waals surface area (Å²) in [6.07, 6.45) is 1.70. The summed E-state index contributed by atoms with van der Waals surface area (Å²) in [6.45, 7) is 0.506. The summed E-state index contributed by atoms with van der Waals surface area (Å²) >= 11 is 10.1. The molecule has 16 heavy (non-hydrogen) atoms. The largest absolute Gasteiger partial charge is 0.490 e. The third-order valence-electron chi connectivity index (χ3n) is 2.31. The minimum atomic E-state index is -0.0342. The second-order valence-corrected chi connectivity index (χ2v) is 4.47. The number of halogens is 1. The quantitative estimate of drug-likeness (QED) is 0.640. The second-order valence-electron chi connectivity index (χ2n) is 3.38. The molecule has 7 heteroatoms. The molecule has 1 atom stereocenters. The molecule has 0 saturated carbocycles. The van der Waals surface area contributed by atoms with E-state index in [9.17, 15) is 4.79 Å². The van der Waals surface area contributed by atoms with Gasteiger partial charge in [-0.1, -0.05) is 11.6 Å². The van der Waals surface area contributed by atoms with Gasteiger partial charge in [0, 0.05) is 18.2 Å². The van der Waals surface area contributed by atoms with Gasteiger partial charge in [-0.3, -0.25) is 9.69 Å². The molecular formula is C9H10ClN3O2S. The number of rotatable bonds is 2. The van der Waals surface area contributed by atoms with Crippen LogP contribution in [0.1, 0.15) is 6.42 Å². The fourth-order valence-electron chi connectivity index (χ4n) is 1.60. The summed E-state index contributed by atoms with van der Waals surface area (Å²) in [7, 11) is 1.47. The van der Waals surface area contributed by atoms with Crippen LogP contribution in [0.25, 0.3) is 0 Å². The Labute approximate surface area is 103 Å². The van der Waals surface area contributed by atoms with Gasteiger partial charge in [0.05, 0.1) is 7.11 Å². The van der Waals surface area contributed by atoms with E-state index in [0.29, 0.717) is 24.5 Å². The predicted octanol–water partition coefficient (Wildman–Crippen LogP) is 1.17. The maximum atomic E-state index is 11.7. The Bertz CT molecular complexity index is 429. The van der Waals surface area contributed by atoms with Crippen LogP contribution in [0.2, 0.25) is 5.15 Å². The van der Waals surface area contributed by atoms with Crippen molar-refractivity contribution in [3.8, 4) is 5.75 Å². The third-order valence-corrected chi connectivity index (χ3v) is 2.92. The molecule has 0 radical (unpaired) electrons. The molecule has 2 rings (SSSR count). The minimum Gasteiger partial charge on any atom is -0.490 e. The van der Waals surface area contributed by atoms with Crippen LogP contribution < -0.4 is 9.64 Å². The zero-order chi connectivity index (χ0) is 11.7. The summed E-state index contributed by atoms with van der Waals surface area (Å²) in [5, 5.41) is 0.217. The van der Waals surface area contributed by atoms with Crippen molar-refractivity contribution < 1.29 is 9.53 Å². The maximum Gasteiger partial charge on any atom is 0.229 e. The number of amides is 1. The molecule has 0 aromatic carbocycles. The number of carbonyl (C=O) groups excluding carboxylic acids is 1. The minimum absolute atomic E-state index is 0.0194. The molecule has 1 aromatic heterocycles. The van der Waals surface area contributed by atoms with E-state index in [2.05, 4.69) is 22.6 Å². The first-order chi connectivity index (χ1) is 7.63. The summed E-state index contributed by atoms with van der Waals surface area (Å²) in [6, 6.07) is 0. The average molecular weight is 260 g/mol. The molecular weight excluding hydrogens is 250 g/mol. The molecule has 0 N–H and O–H groups in total. The molecule has 1 aliphatic rings. The van der Waals surface area contributed by atoms with Crippen molar-refractivity contribution in [2.75, 3.05) is 18.6 Å². The molecule has 1 aliphatic heterocycles. The smallest absolute Gasteiger partial charge is 0.229 e. The number of hydrogen-bond donors (Lipinski definition) is 1. The molecule has 0 spiro atoms. The van der Waals surface area contributed by atoms with Crippen LogP contribution in [0.3, 0.4) is 0 Å². The van der Waals surface area contributed by atoms with Crippen molar-refractivity contribution in [2.24, 2.45) is 0 Å². The Morgan fingerprint density at radius 2 is 2.38 bits per heavy atom. The van der Waals surface area contributed by atoms with Gasteiger partial charge in [0.2, 0.25) is 5.91 Å². The van der Waals surface area contributed by atoms with Gasteiger partial charge in [0.25, 0.3) is 0 Å². The van der Waals surface area contributed by atoms with E-state index in [1.165, 1.54) is 18.3 Å². The molecule has 1 saturated heterocycles. The molecule has 1 aromatic rings. The van der Waals surface area contributed by atoms with E-state index in [-0.39, 0.29) is 16.3 Å². The van der Waals surface area contributed by atoms with Gasteiger partial charge in [-0.25, -0.2) is 9.97 Å². The number of anilines is 1. The zero-order valence-electron chi connectivity index (χ0n) is 8.55. The van der Waals surface area contributed by atoms with Crippen LogP contribution in [0.5, 0.6) is 5.75 Å². The van der Waals surface area contributed by atoms with Crippen molar-refractivity contribution in [1.82, 2.24) is 9.97 Å². The van der Waals surface area contributed by atoms with Crippen LogP contribution in [-0.4, -0.2) is 34.8 Å². The van der Waals surface area contributed by atoms with E-state index in [1.54, 1.807) is 0 Å². The summed E-state index contributed by atoms with van der Waals surface area (Å²) < 4.78 is 5.10. The first kappa shape index (κ1) is 11.5. The number of carbonyl (C=O) groups is 1. The van der Waals surface area contributed by atoms with Crippen molar-refractivity contribution >= 4 is 36.0 Å². The number of methoxy groups -OCH3 is 1. The Hall–Kier alpha value is -1.01. The zero-order valence-corrected chi connectivity index (χ0v) is 10.2. The highest BCUT2D eigenvalue weighted by molar-refractivity contribution is 7.81. The molecule has 0 aliphatic carbocycles. The lowest BCUT2D eigenvalue weighted by molar-refractivity contribution is -0.117. The van der Waals surface area contributed by atoms with E-state index >= 15 is 0 Å². The van der Waals surface area contributed by atoms with Gasteiger partial charge >= 0.3 is 0 Å². The molecule has 1 amide bonds. The van der Waals surface area contributed by atoms with Gasteiger partial charge < -0.3 is 4.74 Å². The van der Waals surface area contributed by atoms with E-state index < -0.39 is 0 Å². The summed E-state index contributed by atoms with van der Waals surface area (Å²) in [4.78, 5) is 21.0. The fraction of sp³-hybridized carbons (Fsp3) is 0.444. The highest BCUT2D eigenvalue weighted by Crippen LogP contribution is 2.34.